The van der Waals surface area contributed by atoms with Gasteiger partial charge in [-0.15, -0.1) is 0 Å². The Morgan fingerprint density at radius 3 is 2.39 bits per heavy atom. The van der Waals surface area contributed by atoms with Gasteiger partial charge in [-0.1, -0.05) is 13.0 Å². The van der Waals surface area contributed by atoms with Crippen LogP contribution in [0.5, 0.6) is 0 Å². The third kappa shape index (κ3) is 5.32. The molecule has 3 heterocycles. The molecule has 0 spiro atoms. The van der Waals surface area contributed by atoms with Crippen LogP contribution in [0.1, 0.15) is 64.0 Å². The van der Waals surface area contributed by atoms with E-state index >= 15 is 0 Å². The van der Waals surface area contributed by atoms with Gasteiger partial charge in [-0.2, -0.15) is 0 Å². The Labute approximate surface area is 245 Å². The van der Waals surface area contributed by atoms with E-state index in [0.29, 0.717) is 17.1 Å². The van der Waals surface area contributed by atoms with Crippen molar-refractivity contribution in [1.29, 1.82) is 0 Å². The molecule has 2 atom stereocenters. The Morgan fingerprint density at radius 2 is 1.76 bits per heavy atom. The second-order valence-corrected chi connectivity index (χ2v) is 10.5. The Hall–Kier alpha value is -4.50. The number of esters is 1. The number of hydrogen-bond donors (Lipinski definition) is 2. The smallest absolute Gasteiger partial charge is 0.337 e. The first-order valence-electron chi connectivity index (χ1n) is 13.5. The van der Waals surface area contributed by atoms with Crippen LogP contribution in [0, 0.1) is 20.8 Å². The van der Waals surface area contributed by atoms with Crippen LogP contribution in [-0.4, -0.2) is 33.6 Å². The maximum atomic E-state index is 12.0. The molecular weight excluding hydrogens is 534 g/mol. The summed E-state index contributed by atoms with van der Waals surface area (Å²) in [6.07, 6.45) is 2.21. The normalized spacial score (nSPS) is 16.4. The number of ether oxygens (including phenoxy) is 1. The molecule has 0 bridgehead atoms. The number of pyridine rings is 1. The van der Waals surface area contributed by atoms with Gasteiger partial charge in [-0.25, -0.2) is 4.79 Å². The molecule has 0 saturated carbocycles. The third-order valence-corrected chi connectivity index (χ3v) is 7.83. The van der Waals surface area contributed by atoms with E-state index in [0.717, 1.165) is 45.3 Å². The lowest BCUT2D eigenvalue weighted by Gasteiger charge is -2.29. The van der Waals surface area contributed by atoms with Gasteiger partial charge in [0.05, 0.1) is 30.5 Å². The Balaban J connectivity index is 1.60. The van der Waals surface area contributed by atoms with E-state index in [2.05, 4.69) is 51.1 Å². The second-order valence-electron chi connectivity index (χ2n) is 10.1. The van der Waals surface area contributed by atoms with Crippen molar-refractivity contribution >= 4 is 40.6 Å². The molecule has 8 nitrogen and oxygen atoms in total. The van der Waals surface area contributed by atoms with E-state index in [1.54, 1.807) is 18.3 Å². The summed E-state index contributed by atoms with van der Waals surface area (Å²) in [5.74, 6) is -0.396. The summed E-state index contributed by atoms with van der Waals surface area (Å²) in [5, 5.41) is 7.10. The molecule has 1 aliphatic heterocycles. The van der Waals surface area contributed by atoms with Gasteiger partial charge in [-0.05, 0) is 105 Å². The van der Waals surface area contributed by atoms with Gasteiger partial charge in [0.1, 0.15) is 0 Å². The minimum absolute atomic E-state index is 0.0284. The fraction of sp³-hybridized carbons (Fsp3) is 0.250. The summed E-state index contributed by atoms with van der Waals surface area (Å²) >= 11 is 5.93. The van der Waals surface area contributed by atoms with Gasteiger partial charge in [-0.3, -0.25) is 9.78 Å². The quantitative estimate of drug-likeness (QED) is 0.206. The largest absolute Gasteiger partial charge is 0.465 e. The number of nitrogens with zero attached hydrogens (tertiary/aromatic N) is 3. The van der Waals surface area contributed by atoms with Gasteiger partial charge in [0.2, 0.25) is 5.91 Å². The van der Waals surface area contributed by atoms with Crippen LogP contribution in [0.15, 0.2) is 72.9 Å². The molecule has 9 heteroatoms. The van der Waals surface area contributed by atoms with Crippen molar-refractivity contribution in [2.75, 3.05) is 17.3 Å². The number of aromatic nitrogens is 2. The van der Waals surface area contributed by atoms with Crippen LogP contribution in [0.2, 0.25) is 0 Å². The number of amides is 1. The molecule has 5 rings (SSSR count). The first-order valence-corrected chi connectivity index (χ1v) is 13.9. The van der Waals surface area contributed by atoms with Crippen molar-refractivity contribution in [2.24, 2.45) is 0 Å². The minimum Gasteiger partial charge on any atom is -0.465 e. The van der Waals surface area contributed by atoms with E-state index in [1.807, 2.05) is 56.3 Å². The molecule has 0 unspecified atom stereocenters. The van der Waals surface area contributed by atoms with E-state index < -0.39 is 0 Å². The zero-order valence-corrected chi connectivity index (χ0v) is 24.6. The highest BCUT2D eigenvalue weighted by Gasteiger charge is 2.42. The second kappa shape index (κ2) is 11.5. The van der Waals surface area contributed by atoms with Crippen LogP contribution in [0.3, 0.4) is 0 Å². The Bertz CT molecular complexity index is 1610. The minimum atomic E-state index is -0.367. The lowest BCUT2D eigenvalue weighted by molar-refractivity contribution is -0.115. The van der Waals surface area contributed by atoms with E-state index in [1.165, 1.54) is 7.11 Å². The summed E-state index contributed by atoms with van der Waals surface area (Å²) in [6.45, 7) is 7.98. The highest BCUT2D eigenvalue weighted by atomic mass is 32.1. The molecule has 0 aliphatic carbocycles. The highest BCUT2D eigenvalue weighted by molar-refractivity contribution is 7.80. The summed E-state index contributed by atoms with van der Waals surface area (Å²) in [5.41, 5.74) is 8.19. The molecule has 1 fully saturated rings. The summed E-state index contributed by atoms with van der Waals surface area (Å²) in [7, 11) is 1.38. The Morgan fingerprint density at radius 1 is 1.02 bits per heavy atom. The maximum absolute atomic E-state index is 12.0. The number of hydrogen-bond acceptors (Lipinski definition) is 5. The van der Waals surface area contributed by atoms with Gasteiger partial charge in [0.25, 0.3) is 0 Å². The Kier molecular flexibility index (Phi) is 7.90. The number of carbonyl (C=O) groups is 2. The number of anilines is 2. The van der Waals surface area contributed by atoms with Crippen LogP contribution in [0.25, 0.3) is 5.69 Å². The predicted molar refractivity (Wildman–Crippen MR) is 165 cm³/mol. The summed E-state index contributed by atoms with van der Waals surface area (Å²) in [6, 6.07) is 21.1. The zero-order valence-electron chi connectivity index (χ0n) is 23.8. The average Bonchev–Trinajstić information content (AvgIpc) is 3.48. The van der Waals surface area contributed by atoms with Crippen LogP contribution in [-0.2, 0) is 9.53 Å². The van der Waals surface area contributed by atoms with Crippen molar-refractivity contribution in [2.45, 2.75) is 46.2 Å². The molecule has 2 aromatic heterocycles. The average molecular weight is 568 g/mol. The van der Waals surface area contributed by atoms with Gasteiger partial charge in [0, 0.05) is 41.1 Å². The molecule has 0 radical (unpaired) electrons. The lowest BCUT2D eigenvalue weighted by Crippen LogP contribution is -2.29. The fourth-order valence-corrected chi connectivity index (χ4v) is 5.82. The number of nitrogens with one attached hydrogen (secondary N) is 2. The summed E-state index contributed by atoms with van der Waals surface area (Å²) in [4.78, 5) is 30.8. The fourth-order valence-electron chi connectivity index (χ4n) is 5.47. The first-order chi connectivity index (χ1) is 19.7. The monoisotopic (exact) mass is 567 g/mol. The van der Waals surface area contributed by atoms with Crippen molar-refractivity contribution < 1.29 is 14.3 Å². The van der Waals surface area contributed by atoms with E-state index in [4.69, 9.17) is 17.0 Å². The number of methoxy groups -OCH3 is 1. The van der Waals surface area contributed by atoms with Crippen LogP contribution < -0.4 is 15.5 Å². The third-order valence-electron chi connectivity index (χ3n) is 7.52. The van der Waals surface area contributed by atoms with Crippen molar-refractivity contribution in [3.05, 3.63) is 107 Å². The molecule has 1 saturated heterocycles. The first kappa shape index (κ1) is 28.0. The predicted octanol–water partition coefficient (Wildman–Crippen LogP) is 6.11. The molecule has 4 aromatic rings. The van der Waals surface area contributed by atoms with Crippen molar-refractivity contribution in [3.8, 4) is 5.69 Å². The number of aryl methyl sites for hydroxylation is 2. The molecule has 41 heavy (non-hydrogen) atoms. The molecule has 210 valence electrons. The number of rotatable bonds is 7. The van der Waals surface area contributed by atoms with E-state index in [-0.39, 0.29) is 24.0 Å². The molecule has 2 N–H and O–H groups in total. The SMILES string of the molecule is CCC(=O)Nc1ccc(N2C(=S)N[C@@H](c3ccccn3)[C@H]2c2cc(C)n(-c3ccc(C(=O)OC)cc3)c2C)cc1C. The number of thiocarbonyl (C=S) groups is 1. The van der Waals surface area contributed by atoms with E-state index in [9.17, 15) is 9.59 Å². The number of carbonyl (C=O) groups excluding carboxylic acids is 2. The topological polar surface area (TPSA) is 88.5 Å². The molecular formula is C32H33N5O3S. The molecule has 1 aliphatic rings. The van der Waals surface area contributed by atoms with Gasteiger partial charge in [0.15, 0.2) is 5.11 Å². The van der Waals surface area contributed by atoms with Gasteiger partial charge >= 0.3 is 5.97 Å². The molecule has 2 aromatic carbocycles. The molecule has 1 amide bonds. The van der Waals surface area contributed by atoms with Crippen molar-refractivity contribution in [1.82, 2.24) is 14.9 Å². The number of benzene rings is 2. The lowest BCUT2D eigenvalue weighted by atomic mass is 9.96. The zero-order chi connectivity index (χ0) is 29.3. The van der Waals surface area contributed by atoms with Gasteiger partial charge < -0.3 is 24.8 Å². The van der Waals surface area contributed by atoms with Crippen LogP contribution >= 0.6 is 12.2 Å². The van der Waals surface area contributed by atoms with Crippen molar-refractivity contribution in [3.63, 3.8) is 0 Å². The maximum Gasteiger partial charge on any atom is 0.337 e. The highest BCUT2D eigenvalue weighted by Crippen LogP contribution is 2.44. The van der Waals surface area contributed by atoms with Crippen LogP contribution in [0.4, 0.5) is 11.4 Å². The summed E-state index contributed by atoms with van der Waals surface area (Å²) < 4.78 is 7.04. The standard InChI is InChI=1S/C32H33N5O3S/c1-6-28(38)34-26-15-14-24(17-19(26)2)37-30(29(35-32(37)41)27-9-7-8-16-33-27)25-18-20(3)36(21(25)4)23-12-10-22(11-13-23)31(39)40-5/h7-18,29-30H,6H2,1-5H3,(H,34,38)(H,35,41)/t29-,30+/m0/s1.